The van der Waals surface area contributed by atoms with Crippen molar-refractivity contribution in [1.29, 1.82) is 5.26 Å². The van der Waals surface area contributed by atoms with Crippen LogP contribution in [0, 0.1) is 17.3 Å². The van der Waals surface area contributed by atoms with Crippen LogP contribution >= 0.6 is 0 Å². The molecule has 2 aromatic heterocycles. The predicted octanol–water partition coefficient (Wildman–Crippen LogP) is 4.17. The lowest BCUT2D eigenvalue weighted by Gasteiger charge is -2.35. The quantitative estimate of drug-likeness (QED) is 0.442. The molecule has 1 fully saturated rings. The number of halogens is 4. The third-order valence-corrected chi connectivity index (χ3v) is 5.42. The van der Waals surface area contributed by atoms with Gasteiger partial charge in [0, 0.05) is 43.4 Å². The van der Waals surface area contributed by atoms with Crippen molar-refractivity contribution in [3.05, 3.63) is 54.1 Å². The van der Waals surface area contributed by atoms with Gasteiger partial charge < -0.3 is 14.2 Å². The standard InChI is InChI=1S/C21H18F4N6O/c1-30-12-28-29-20(30)13-5-7-31(8-6-13)18-14(10-26)3-2-4-16(18)15-9-17(19(22)27-11-15)32-21(23,24)25/h2-4,9,11-13H,5-8H2,1H3. The van der Waals surface area contributed by atoms with Crippen LogP contribution in [0.1, 0.15) is 30.1 Å². The highest BCUT2D eigenvalue weighted by Crippen LogP contribution is 2.39. The fraction of sp³-hybridized carbons (Fsp3) is 0.333. The lowest BCUT2D eigenvalue weighted by atomic mass is 9.93. The average Bonchev–Trinajstić information content (AvgIpc) is 3.20. The third kappa shape index (κ3) is 4.34. The molecular formula is C21H18F4N6O. The van der Waals surface area contributed by atoms with Crippen molar-refractivity contribution in [2.45, 2.75) is 25.1 Å². The molecule has 1 aromatic carbocycles. The Morgan fingerprint density at radius 2 is 1.97 bits per heavy atom. The van der Waals surface area contributed by atoms with Crippen molar-refractivity contribution in [1.82, 2.24) is 19.7 Å². The van der Waals surface area contributed by atoms with Gasteiger partial charge in [0.1, 0.15) is 18.2 Å². The largest absolute Gasteiger partial charge is 0.573 e. The first-order valence-corrected chi connectivity index (χ1v) is 9.80. The average molecular weight is 446 g/mol. The second kappa shape index (κ2) is 8.45. The molecule has 0 unspecified atom stereocenters. The minimum atomic E-state index is -5.06. The normalized spacial score (nSPS) is 14.9. The summed E-state index contributed by atoms with van der Waals surface area (Å²) < 4.78 is 57.4. The number of piperidine rings is 1. The number of hydrogen-bond acceptors (Lipinski definition) is 6. The molecule has 3 heterocycles. The highest BCUT2D eigenvalue weighted by Gasteiger charge is 2.33. The summed E-state index contributed by atoms with van der Waals surface area (Å²) >= 11 is 0. The van der Waals surface area contributed by atoms with E-state index >= 15 is 0 Å². The highest BCUT2D eigenvalue weighted by atomic mass is 19.4. The van der Waals surface area contributed by atoms with Gasteiger partial charge in [-0.15, -0.1) is 23.4 Å². The summed E-state index contributed by atoms with van der Waals surface area (Å²) in [6.07, 6.45) is -0.760. The molecule has 0 spiro atoms. The molecule has 4 rings (SSSR count). The van der Waals surface area contributed by atoms with Crippen LogP contribution in [0.2, 0.25) is 0 Å². The Labute approximate surface area is 180 Å². The first-order chi connectivity index (χ1) is 15.3. The molecule has 0 aliphatic carbocycles. The summed E-state index contributed by atoms with van der Waals surface area (Å²) in [5.74, 6) is -1.30. The van der Waals surface area contributed by atoms with Crippen molar-refractivity contribution >= 4 is 5.69 Å². The number of pyridine rings is 1. The van der Waals surface area contributed by atoms with E-state index in [0.717, 1.165) is 30.9 Å². The lowest BCUT2D eigenvalue weighted by Crippen LogP contribution is -2.34. The zero-order valence-electron chi connectivity index (χ0n) is 17.0. The SMILES string of the molecule is Cn1cnnc1C1CCN(c2c(C#N)cccc2-c2cnc(F)c(OC(F)(F)F)c2)CC1. The smallest absolute Gasteiger partial charge is 0.401 e. The molecule has 0 N–H and O–H groups in total. The number of benzene rings is 1. The van der Waals surface area contributed by atoms with Gasteiger partial charge in [-0.25, -0.2) is 4.98 Å². The van der Waals surface area contributed by atoms with Crippen LogP contribution in [0.25, 0.3) is 11.1 Å². The van der Waals surface area contributed by atoms with Gasteiger partial charge in [0.2, 0.25) is 0 Å². The number of para-hydroxylation sites is 1. The van der Waals surface area contributed by atoms with E-state index in [4.69, 9.17) is 0 Å². The molecule has 11 heteroatoms. The van der Waals surface area contributed by atoms with E-state index in [2.05, 4.69) is 26.0 Å². The van der Waals surface area contributed by atoms with Crippen molar-refractivity contribution < 1.29 is 22.3 Å². The Balaban J connectivity index is 1.67. The molecule has 0 saturated carbocycles. The second-order valence-corrected chi connectivity index (χ2v) is 7.44. The van der Waals surface area contributed by atoms with Crippen molar-refractivity contribution in [2.75, 3.05) is 18.0 Å². The number of aromatic nitrogens is 4. The van der Waals surface area contributed by atoms with Crippen LogP contribution in [-0.2, 0) is 7.05 Å². The molecule has 32 heavy (non-hydrogen) atoms. The maximum Gasteiger partial charge on any atom is 0.573 e. The molecular weight excluding hydrogens is 428 g/mol. The Kier molecular flexibility index (Phi) is 5.69. The van der Waals surface area contributed by atoms with Crippen LogP contribution in [-0.4, -0.2) is 39.2 Å². The topological polar surface area (TPSA) is 79.9 Å². The molecule has 1 saturated heterocycles. The molecule has 1 aliphatic heterocycles. The van der Waals surface area contributed by atoms with Crippen LogP contribution in [0.5, 0.6) is 5.75 Å². The maximum absolute atomic E-state index is 13.8. The van der Waals surface area contributed by atoms with Crippen molar-refractivity contribution in [2.24, 2.45) is 7.05 Å². The van der Waals surface area contributed by atoms with Crippen LogP contribution in [0.3, 0.4) is 0 Å². The van der Waals surface area contributed by atoms with Crippen LogP contribution in [0.4, 0.5) is 23.2 Å². The first-order valence-electron chi connectivity index (χ1n) is 9.80. The lowest BCUT2D eigenvalue weighted by molar-refractivity contribution is -0.275. The molecule has 1 aliphatic rings. The number of nitrogens with zero attached hydrogens (tertiary/aromatic N) is 6. The van der Waals surface area contributed by atoms with Crippen molar-refractivity contribution in [3.63, 3.8) is 0 Å². The zero-order chi connectivity index (χ0) is 22.9. The van der Waals surface area contributed by atoms with E-state index < -0.39 is 18.1 Å². The van der Waals surface area contributed by atoms with Crippen molar-refractivity contribution in [3.8, 4) is 22.9 Å². The van der Waals surface area contributed by atoms with E-state index in [1.807, 2.05) is 16.5 Å². The number of anilines is 1. The van der Waals surface area contributed by atoms with E-state index in [-0.39, 0.29) is 11.5 Å². The van der Waals surface area contributed by atoms with Gasteiger partial charge in [0.05, 0.1) is 11.3 Å². The fourth-order valence-corrected chi connectivity index (χ4v) is 4.00. The maximum atomic E-state index is 13.8. The Hall–Kier alpha value is -3.68. The Bertz CT molecular complexity index is 1160. The highest BCUT2D eigenvalue weighted by molar-refractivity contribution is 5.83. The fourth-order valence-electron chi connectivity index (χ4n) is 4.00. The number of ether oxygens (including phenoxy) is 1. The third-order valence-electron chi connectivity index (χ3n) is 5.42. The molecule has 7 nitrogen and oxygen atoms in total. The molecule has 0 bridgehead atoms. The van der Waals surface area contributed by atoms with Crippen LogP contribution < -0.4 is 9.64 Å². The molecule has 0 radical (unpaired) electrons. The second-order valence-electron chi connectivity index (χ2n) is 7.44. The zero-order valence-corrected chi connectivity index (χ0v) is 17.0. The molecule has 0 amide bonds. The summed E-state index contributed by atoms with van der Waals surface area (Å²) in [6.45, 7) is 1.20. The Morgan fingerprint density at radius 1 is 1.22 bits per heavy atom. The van der Waals surface area contributed by atoms with E-state index in [1.165, 1.54) is 0 Å². The number of rotatable bonds is 4. The van der Waals surface area contributed by atoms with Gasteiger partial charge in [-0.3, -0.25) is 0 Å². The van der Waals surface area contributed by atoms with E-state index in [9.17, 15) is 22.8 Å². The van der Waals surface area contributed by atoms with Gasteiger partial charge in [-0.05, 0) is 25.0 Å². The summed E-state index contributed by atoms with van der Waals surface area (Å²) in [5.41, 5.74) is 1.62. The van der Waals surface area contributed by atoms with Crippen LogP contribution in [0.15, 0.2) is 36.8 Å². The van der Waals surface area contributed by atoms with E-state index in [1.54, 1.807) is 24.5 Å². The summed E-state index contributed by atoms with van der Waals surface area (Å²) in [6, 6.07) is 8.01. The number of alkyl halides is 3. The van der Waals surface area contributed by atoms with Gasteiger partial charge in [0.15, 0.2) is 5.75 Å². The number of aryl methyl sites for hydroxylation is 1. The summed E-state index contributed by atoms with van der Waals surface area (Å²) in [5, 5.41) is 17.8. The van der Waals surface area contributed by atoms with Gasteiger partial charge in [0.25, 0.3) is 5.95 Å². The van der Waals surface area contributed by atoms with E-state index in [0.29, 0.717) is 29.9 Å². The summed E-state index contributed by atoms with van der Waals surface area (Å²) in [7, 11) is 1.88. The summed E-state index contributed by atoms with van der Waals surface area (Å²) in [4.78, 5) is 5.43. The van der Waals surface area contributed by atoms with Gasteiger partial charge in [-0.2, -0.15) is 9.65 Å². The number of hydrogen-bond donors (Lipinski definition) is 0. The molecule has 0 atom stereocenters. The first kappa shape index (κ1) is 21.5. The molecule has 166 valence electrons. The van der Waals surface area contributed by atoms with Gasteiger partial charge >= 0.3 is 6.36 Å². The molecule has 3 aromatic rings. The Morgan fingerprint density at radius 3 is 2.59 bits per heavy atom. The minimum absolute atomic E-state index is 0.204. The monoisotopic (exact) mass is 446 g/mol. The predicted molar refractivity (Wildman–Crippen MR) is 106 cm³/mol. The van der Waals surface area contributed by atoms with Gasteiger partial charge in [-0.1, -0.05) is 12.1 Å². The minimum Gasteiger partial charge on any atom is -0.401 e. The number of nitriles is 1.